The summed E-state index contributed by atoms with van der Waals surface area (Å²) < 4.78 is 0. The second-order valence-corrected chi connectivity index (χ2v) is 1.49. The van der Waals surface area contributed by atoms with E-state index in [-0.39, 0.29) is 28.2 Å². The number of rotatable bonds is 2. The average Bonchev–Trinajstić information content (AvgIpc) is 1.65. The fraction of sp³-hybridized carbons (Fsp3) is 0.667. The van der Waals surface area contributed by atoms with Gasteiger partial charge in [0.25, 0.3) is 0 Å². The van der Waals surface area contributed by atoms with Crippen molar-refractivity contribution in [1.82, 2.24) is 0 Å². The molecule has 0 aromatic carbocycles. The summed E-state index contributed by atoms with van der Waals surface area (Å²) in [5.41, 5.74) is 4.94. The van der Waals surface area contributed by atoms with Gasteiger partial charge in [0, 0.05) is 5.75 Å². The summed E-state index contributed by atoms with van der Waals surface area (Å²) in [6, 6.07) is -0.816. The number of nitrogens with two attached hydrogens (primary N) is 1. The molecule has 0 fully saturated rings. The Bertz CT molecular complexity index is 81.5. The molecule has 0 spiro atoms. The molecule has 0 saturated carbocycles. The van der Waals surface area contributed by atoms with Crippen LogP contribution in [0.3, 0.4) is 0 Å². The highest BCUT2D eigenvalue weighted by Gasteiger charge is 2.06. The largest absolute Gasteiger partial charge is 0.480 e. The van der Waals surface area contributed by atoms with Crippen molar-refractivity contribution >= 4 is 35.6 Å². The van der Waals surface area contributed by atoms with E-state index in [1.807, 2.05) is 0 Å². The van der Waals surface area contributed by atoms with Crippen molar-refractivity contribution in [2.24, 2.45) is 5.73 Å². The summed E-state index contributed by atoms with van der Waals surface area (Å²) in [6.45, 7) is 0. The van der Waals surface area contributed by atoms with E-state index in [4.69, 9.17) is 10.8 Å². The van der Waals surface area contributed by atoms with Gasteiger partial charge in [-0.3, -0.25) is 4.79 Å². The molecule has 6 heteroatoms. The zero-order valence-electron chi connectivity index (χ0n) is 4.57. The fourth-order valence-electron chi connectivity index (χ4n) is 0.0781. The predicted octanol–water partition coefficient (Wildman–Crippen LogP) is -0.919. The molecule has 0 aliphatic heterocycles. The molecule has 0 heterocycles. The third kappa shape index (κ3) is 8.22. The lowest BCUT2D eigenvalue weighted by Gasteiger charge is -1.96. The first-order chi connectivity index (χ1) is 3.18. The Labute approximate surface area is 68.9 Å². The summed E-state index contributed by atoms with van der Waals surface area (Å²) in [5.74, 6) is -0.815. The van der Waals surface area contributed by atoms with Crippen LogP contribution in [0.1, 0.15) is 0 Å². The van der Waals surface area contributed by atoms with E-state index in [0.717, 1.165) is 0 Å². The maximum atomic E-state index is 9.76. The lowest BCUT2D eigenvalue weighted by Crippen LogP contribution is -2.31. The third-order valence-electron chi connectivity index (χ3n) is 0.514. The molecule has 0 bridgehead atoms. The maximum Gasteiger partial charge on any atom is 0.321 e. The first-order valence-electron chi connectivity index (χ1n) is 1.77. The molecule has 0 unspecified atom stereocenters. The summed E-state index contributed by atoms with van der Waals surface area (Å²) in [7, 11) is 0. The van der Waals surface area contributed by atoms with E-state index >= 15 is 0 Å². The Hall–Kier alpha value is 0.220. The molecule has 58 valence electrons. The van der Waals surface area contributed by atoms with Crippen LogP contribution in [0.5, 0.6) is 0 Å². The van der Waals surface area contributed by atoms with Crippen LogP contribution < -0.4 is 5.73 Å². The van der Waals surface area contributed by atoms with Crippen LogP contribution in [0.15, 0.2) is 0 Å². The van der Waals surface area contributed by atoms with Crippen molar-refractivity contribution in [2.45, 2.75) is 6.04 Å². The lowest BCUT2D eigenvalue weighted by molar-refractivity contribution is -0.137. The van der Waals surface area contributed by atoms with E-state index in [9.17, 15) is 4.79 Å². The number of aliphatic carboxylic acids is 1. The summed E-state index contributed by atoms with van der Waals surface area (Å²) >= 11 is 3.65. The number of halogens is 1. The molecule has 0 aromatic rings. The Balaban J connectivity index is -0.000000180. The molecule has 0 amide bonds. The van der Waals surface area contributed by atoms with Crippen LogP contribution in [0.4, 0.5) is 0 Å². The van der Waals surface area contributed by atoms with Gasteiger partial charge in [-0.2, -0.15) is 12.6 Å². The first kappa shape index (κ1) is 16.1. The number of carboxylic acid groups (broad SMARTS) is 1. The van der Waals surface area contributed by atoms with E-state index < -0.39 is 12.0 Å². The summed E-state index contributed by atoms with van der Waals surface area (Å²) in [6.07, 6.45) is 0. The van der Waals surface area contributed by atoms with Gasteiger partial charge in [-0.25, -0.2) is 0 Å². The molecular formula is C3H10BrNO3S. The van der Waals surface area contributed by atoms with Crippen molar-refractivity contribution < 1.29 is 15.4 Å². The van der Waals surface area contributed by atoms with Gasteiger partial charge in [0.1, 0.15) is 6.04 Å². The van der Waals surface area contributed by atoms with Gasteiger partial charge in [-0.1, -0.05) is 0 Å². The SMILES string of the molecule is Br.N[C@@H](CS)C(=O)O.O. The molecule has 0 saturated heterocycles. The average molecular weight is 220 g/mol. The van der Waals surface area contributed by atoms with E-state index in [1.165, 1.54) is 0 Å². The van der Waals surface area contributed by atoms with Gasteiger partial charge in [0.05, 0.1) is 0 Å². The smallest absolute Gasteiger partial charge is 0.321 e. The highest BCUT2D eigenvalue weighted by atomic mass is 79.9. The number of carboxylic acids is 1. The molecule has 0 aliphatic carbocycles. The van der Waals surface area contributed by atoms with Crippen LogP contribution in [0.25, 0.3) is 0 Å². The second kappa shape index (κ2) is 8.22. The number of hydrogen-bond donors (Lipinski definition) is 3. The van der Waals surface area contributed by atoms with Gasteiger partial charge >= 0.3 is 5.97 Å². The van der Waals surface area contributed by atoms with Crippen LogP contribution in [-0.2, 0) is 4.79 Å². The second-order valence-electron chi connectivity index (χ2n) is 1.13. The van der Waals surface area contributed by atoms with Crippen LogP contribution in [0, 0.1) is 0 Å². The number of hydrogen-bond acceptors (Lipinski definition) is 3. The predicted molar refractivity (Wildman–Crippen MR) is 43.4 cm³/mol. The quantitative estimate of drug-likeness (QED) is 0.525. The summed E-state index contributed by atoms with van der Waals surface area (Å²) in [5, 5.41) is 8.01. The zero-order valence-corrected chi connectivity index (χ0v) is 7.18. The minimum atomic E-state index is -1.00. The standard InChI is InChI=1S/C3H7NO2S.BrH.H2O/c4-2(1-7)3(5)6;;/h2,7H,1,4H2,(H,5,6);1H;1H2/t2-;;/m0../s1. The van der Waals surface area contributed by atoms with E-state index in [1.54, 1.807) is 0 Å². The molecule has 4 nitrogen and oxygen atoms in total. The molecule has 0 aliphatic rings. The topological polar surface area (TPSA) is 94.8 Å². The van der Waals surface area contributed by atoms with Crippen LogP contribution >= 0.6 is 29.6 Å². The van der Waals surface area contributed by atoms with Gasteiger partial charge in [-0.15, -0.1) is 17.0 Å². The highest BCUT2D eigenvalue weighted by molar-refractivity contribution is 8.93. The van der Waals surface area contributed by atoms with Gasteiger partial charge in [-0.05, 0) is 0 Å². The van der Waals surface area contributed by atoms with Crippen LogP contribution in [0.2, 0.25) is 0 Å². The third-order valence-corrected chi connectivity index (χ3v) is 0.907. The van der Waals surface area contributed by atoms with Crippen molar-refractivity contribution in [3.05, 3.63) is 0 Å². The van der Waals surface area contributed by atoms with Gasteiger partial charge in [0.2, 0.25) is 0 Å². The molecular weight excluding hydrogens is 210 g/mol. The first-order valence-corrected chi connectivity index (χ1v) is 2.41. The number of thiol groups is 1. The van der Waals surface area contributed by atoms with Crippen molar-refractivity contribution in [3.8, 4) is 0 Å². The molecule has 0 radical (unpaired) electrons. The number of carbonyl (C=O) groups is 1. The Morgan fingerprint density at radius 3 is 2.11 bits per heavy atom. The molecule has 1 atom stereocenters. The van der Waals surface area contributed by atoms with Crippen molar-refractivity contribution in [3.63, 3.8) is 0 Å². The Kier molecular flexibility index (Phi) is 14.7. The van der Waals surface area contributed by atoms with E-state index in [2.05, 4.69) is 12.6 Å². The molecule has 0 rings (SSSR count). The molecule has 0 aromatic heterocycles. The van der Waals surface area contributed by atoms with Gasteiger partial charge < -0.3 is 16.3 Å². The highest BCUT2D eigenvalue weighted by Crippen LogP contribution is 1.80. The van der Waals surface area contributed by atoms with Crippen LogP contribution in [-0.4, -0.2) is 28.3 Å². The minimum Gasteiger partial charge on any atom is -0.480 e. The normalized spacial score (nSPS) is 10.4. The Morgan fingerprint density at radius 1 is 1.78 bits per heavy atom. The molecule has 5 N–H and O–H groups in total. The van der Waals surface area contributed by atoms with Crippen molar-refractivity contribution in [1.29, 1.82) is 0 Å². The fourth-order valence-corrected chi connectivity index (χ4v) is 0.234. The van der Waals surface area contributed by atoms with Crippen molar-refractivity contribution in [2.75, 3.05) is 5.75 Å². The van der Waals surface area contributed by atoms with Gasteiger partial charge in [0.15, 0.2) is 0 Å². The molecule has 9 heavy (non-hydrogen) atoms. The Morgan fingerprint density at radius 2 is 2.11 bits per heavy atom. The lowest BCUT2D eigenvalue weighted by atomic mass is 10.4. The van der Waals surface area contributed by atoms with E-state index in [0.29, 0.717) is 0 Å². The minimum absolute atomic E-state index is 0. The maximum absolute atomic E-state index is 9.76. The summed E-state index contributed by atoms with van der Waals surface area (Å²) in [4.78, 5) is 9.76. The monoisotopic (exact) mass is 219 g/mol. The zero-order chi connectivity index (χ0) is 5.86.